The van der Waals surface area contributed by atoms with Gasteiger partial charge in [-0.05, 0) is 49.8 Å². The van der Waals surface area contributed by atoms with Crippen molar-refractivity contribution >= 4 is 15.9 Å². The Morgan fingerprint density at radius 2 is 1.81 bits per heavy atom. The first-order valence-electron chi connectivity index (χ1n) is 6.97. The first-order valence-corrected chi connectivity index (χ1v) is 8.52. The van der Waals surface area contributed by atoms with Gasteiger partial charge >= 0.3 is 0 Å². The topological polar surface area (TPSA) is 89.3 Å². The van der Waals surface area contributed by atoms with Crippen molar-refractivity contribution in [2.24, 2.45) is 11.1 Å². The van der Waals surface area contributed by atoms with Gasteiger partial charge in [0.25, 0.3) is 5.91 Å². The smallest absolute Gasteiger partial charge is 0.251 e. The highest BCUT2D eigenvalue weighted by atomic mass is 32.2. The summed E-state index contributed by atoms with van der Waals surface area (Å²) in [6.45, 7) is 9.82. The van der Waals surface area contributed by atoms with Gasteiger partial charge in [0, 0.05) is 12.1 Å². The van der Waals surface area contributed by atoms with Crippen molar-refractivity contribution in [3.8, 4) is 0 Å². The van der Waals surface area contributed by atoms with Gasteiger partial charge in [0.15, 0.2) is 0 Å². The van der Waals surface area contributed by atoms with E-state index in [1.807, 2.05) is 0 Å². The molecule has 1 aromatic rings. The molecule has 5 nitrogen and oxygen atoms in total. The van der Waals surface area contributed by atoms with Gasteiger partial charge in [0.05, 0.1) is 4.90 Å². The molecule has 0 heterocycles. The highest BCUT2D eigenvalue weighted by molar-refractivity contribution is 7.89. The van der Waals surface area contributed by atoms with E-state index in [2.05, 4.69) is 19.2 Å². The van der Waals surface area contributed by atoms with E-state index < -0.39 is 10.0 Å². The Morgan fingerprint density at radius 3 is 2.29 bits per heavy atom. The van der Waals surface area contributed by atoms with Gasteiger partial charge < -0.3 is 5.32 Å². The number of carbonyl (C=O) groups is 1. The predicted octanol–water partition coefficient (Wildman–Crippen LogP) is 2.04. The van der Waals surface area contributed by atoms with Crippen molar-refractivity contribution < 1.29 is 13.2 Å². The number of amides is 1. The minimum atomic E-state index is -3.85. The molecule has 0 bridgehead atoms. The van der Waals surface area contributed by atoms with Crippen molar-refractivity contribution in [2.45, 2.75) is 45.9 Å². The van der Waals surface area contributed by atoms with Crippen LogP contribution in [0.15, 0.2) is 11.0 Å². The Labute approximate surface area is 127 Å². The standard InChI is InChI=1S/C15H24N2O3S/c1-9(2)6-7-17-15(18)13-10(3)8-11(4)14(12(13)5)21(16,19)20/h8-9H,6-7H2,1-5H3,(H,17,18)(H2,16,19,20). The molecule has 118 valence electrons. The molecule has 0 saturated carbocycles. The Hall–Kier alpha value is -1.40. The van der Waals surface area contributed by atoms with Crippen LogP contribution in [0.25, 0.3) is 0 Å². The van der Waals surface area contributed by atoms with Gasteiger partial charge in [-0.15, -0.1) is 0 Å². The van der Waals surface area contributed by atoms with E-state index in [9.17, 15) is 13.2 Å². The van der Waals surface area contributed by atoms with E-state index in [0.29, 0.717) is 29.2 Å². The third kappa shape index (κ3) is 4.28. The van der Waals surface area contributed by atoms with Crippen LogP contribution in [0.1, 0.15) is 47.3 Å². The van der Waals surface area contributed by atoms with Crippen LogP contribution in [0.3, 0.4) is 0 Å². The van der Waals surface area contributed by atoms with Gasteiger partial charge in [-0.1, -0.05) is 19.9 Å². The van der Waals surface area contributed by atoms with E-state index in [1.165, 1.54) is 0 Å². The van der Waals surface area contributed by atoms with Crippen LogP contribution >= 0.6 is 0 Å². The van der Waals surface area contributed by atoms with E-state index in [-0.39, 0.29) is 10.8 Å². The molecule has 21 heavy (non-hydrogen) atoms. The average molecular weight is 312 g/mol. The van der Waals surface area contributed by atoms with Gasteiger partial charge in [0.1, 0.15) is 0 Å². The zero-order valence-corrected chi connectivity index (χ0v) is 14.1. The second-order valence-corrected chi connectivity index (χ2v) is 7.32. The number of nitrogens with two attached hydrogens (primary N) is 1. The number of hydrogen-bond acceptors (Lipinski definition) is 3. The van der Waals surface area contributed by atoms with E-state index in [0.717, 1.165) is 12.0 Å². The maximum Gasteiger partial charge on any atom is 0.251 e. The van der Waals surface area contributed by atoms with E-state index in [4.69, 9.17) is 5.14 Å². The molecule has 0 aliphatic heterocycles. The lowest BCUT2D eigenvalue weighted by Crippen LogP contribution is -2.28. The Bertz CT molecular complexity index is 649. The molecular weight excluding hydrogens is 288 g/mol. The second kappa shape index (κ2) is 6.58. The second-order valence-electron chi connectivity index (χ2n) is 5.82. The third-order valence-corrected chi connectivity index (χ3v) is 4.62. The molecule has 0 aliphatic carbocycles. The largest absolute Gasteiger partial charge is 0.352 e. The van der Waals surface area contributed by atoms with Crippen molar-refractivity contribution in [3.63, 3.8) is 0 Å². The molecule has 0 unspecified atom stereocenters. The summed E-state index contributed by atoms with van der Waals surface area (Å²) < 4.78 is 23.4. The summed E-state index contributed by atoms with van der Waals surface area (Å²) >= 11 is 0. The maximum atomic E-state index is 12.3. The monoisotopic (exact) mass is 312 g/mol. The Morgan fingerprint density at radius 1 is 1.24 bits per heavy atom. The lowest BCUT2D eigenvalue weighted by molar-refractivity contribution is 0.0950. The molecule has 1 aromatic carbocycles. The van der Waals surface area contributed by atoms with Crippen molar-refractivity contribution in [2.75, 3.05) is 6.54 Å². The fourth-order valence-corrected chi connectivity index (χ4v) is 3.55. The summed E-state index contributed by atoms with van der Waals surface area (Å²) in [6.07, 6.45) is 0.873. The minimum absolute atomic E-state index is 0.0436. The normalized spacial score (nSPS) is 11.8. The Balaban J connectivity index is 3.22. The SMILES string of the molecule is Cc1cc(C)c(S(N)(=O)=O)c(C)c1C(=O)NCCC(C)C. The van der Waals surface area contributed by atoms with Crippen LogP contribution in [0.2, 0.25) is 0 Å². The molecule has 0 radical (unpaired) electrons. The lowest BCUT2D eigenvalue weighted by atomic mass is 9.99. The predicted molar refractivity (Wildman–Crippen MR) is 83.8 cm³/mol. The zero-order valence-electron chi connectivity index (χ0n) is 13.3. The molecule has 0 fully saturated rings. The molecule has 0 saturated heterocycles. The van der Waals surface area contributed by atoms with Crippen LogP contribution in [-0.4, -0.2) is 20.9 Å². The number of sulfonamides is 1. The molecule has 0 aliphatic rings. The van der Waals surface area contributed by atoms with Gasteiger partial charge in [-0.3, -0.25) is 4.79 Å². The number of carbonyl (C=O) groups excluding carboxylic acids is 1. The number of nitrogens with one attached hydrogen (secondary N) is 1. The highest BCUT2D eigenvalue weighted by Gasteiger charge is 2.22. The van der Waals surface area contributed by atoms with Crippen molar-refractivity contribution in [1.29, 1.82) is 0 Å². The number of primary sulfonamides is 1. The summed E-state index contributed by atoms with van der Waals surface area (Å²) in [5.74, 6) is 0.237. The van der Waals surface area contributed by atoms with E-state index >= 15 is 0 Å². The highest BCUT2D eigenvalue weighted by Crippen LogP contribution is 2.25. The summed E-state index contributed by atoms with van der Waals surface area (Å²) in [5, 5.41) is 8.09. The first kappa shape index (κ1) is 17.7. The molecule has 1 rings (SSSR count). The average Bonchev–Trinajstić information content (AvgIpc) is 2.24. The van der Waals surface area contributed by atoms with Gasteiger partial charge in [0.2, 0.25) is 10.0 Å². The van der Waals surface area contributed by atoms with Crippen LogP contribution in [-0.2, 0) is 10.0 Å². The van der Waals surface area contributed by atoms with E-state index in [1.54, 1.807) is 26.8 Å². The van der Waals surface area contributed by atoms with Crippen LogP contribution in [0, 0.1) is 26.7 Å². The molecule has 3 N–H and O–H groups in total. The summed E-state index contributed by atoms with van der Waals surface area (Å²) in [7, 11) is -3.85. The zero-order chi connectivity index (χ0) is 16.4. The molecule has 0 aromatic heterocycles. The maximum absolute atomic E-state index is 12.3. The number of aryl methyl sites for hydroxylation is 2. The number of hydrogen-bond donors (Lipinski definition) is 2. The van der Waals surface area contributed by atoms with Gasteiger partial charge in [-0.2, -0.15) is 0 Å². The summed E-state index contributed by atoms with van der Waals surface area (Å²) in [6, 6.07) is 1.68. The minimum Gasteiger partial charge on any atom is -0.352 e. The summed E-state index contributed by atoms with van der Waals surface area (Å²) in [4.78, 5) is 12.4. The quantitative estimate of drug-likeness (QED) is 0.872. The Kier molecular flexibility index (Phi) is 5.53. The van der Waals surface area contributed by atoms with Gasteiger partial charge in [-0.25, -0.2) is 13.6 Å². The third-order valence-electron chi connectivity index (χ3n) is 3.42. The van der Waals surface area contributed by atoms with Crippen molar-refractivity contribution in [3.05, 3.63) is 28.3 Å². The molecular formula is C15H24N2O3S. The number of rotatable bonds is 5. The van der Waals surface area contributed by atoms with Crippen LogP contribution in [0.4, 0.5) is 0 Å². The fraction of sp³-hybridized carbons (Fsp3) is 0.533. The van der Waals surface area contributed by atoms with Crippen LogP contribution in [0.5, 0.6) is 0 Å². The number of benzene rings is 1. The lowest BCUT2D eigenvalue weighted by Gasteiger charge is -2.16. The molecule has 0 atom stereocenters. The first-order chi connectivity index (χ1) is 9.55. The molecule has 0 spiro atoms. The summed E-state index contributed by atoms with van der Waals surface area (Å²) in [5.41, 5.74) is 2.12. The van der Waals surface area contributed by atoms with Crippen molar-refractivity contribution in [1.82, 2.24) is 5.32 Å². The van der Waals surface area contributed by atoms with Crippen LogP contribution < -0.4 is 10.5 Å². The molecule has 1 amide bonds. The molecule has 6 heteroatoms. The fourth-order valence-electron chi connectivity index (χ4n) is 2.52.